The predicted molar refractivity (Wildman–Crippen MR) is 98.5 cm³/mol. The second-order valence-corrected chi connectivity index (χ2v) is 7.34. The third-order valence-corrected chi connectivity index (χ3v) is 5.61. The molecule has 0 spiro atoms. The van der Waals surface area contributed by atoms with Crippen LogP contribution in [0.3, 0.4) is 0 Å². The van der Waals surface area contributed by atoms with Crippen LogP contribution in [0.4, 0.5) is 0 Å². The lowest BCUT2D eigenvalue weighted by Gasteiger charge is -2.17. The fourth-order valence-electron chi connectivity index (χ4n) is 2.43. The van der Waals surface area contributed by atoms with Crippen LogP contribution < -0.4 is 10.9 Å². The number of aliphatic carboxylic acids is 1. The molecule has 0 aliphatic rings. The minimum absolute atomic E-state index is 0.276. The van der Waals surface area contributed by atoms with Crippen LogP contribution >= 0.6 is 11.3 Å². The van der Waals surface area contributed by atoms with Crippen molar-refractivity contribution in [3.05, 3.63) is 32.2 Å². The number of carboxylic acids is 1. The summed E-state index contributed by atoms with van der Waals surface area (Å²) in [5.74, 6) is -2.10. The van der Waals surface area contributed by atoms with Gasteiger partial charge < -0.3 is 10.4 Å². The Bertz CT molecular complexity index is 932. The fourth-order valence-corrected chi connectivity index (χ4v) is 3.49. The number of hydrogen-bond donors (Lipinski definition) is 2. The highest BCUT2D eigenvalue weighted by Crippen LogP contribution is 2.28. The summed E-state index contributed by atoms with van der Waals surface area (Å²) in [6, 6.07) is -0.539. The zero-order valence-corrected chi connectivity index (χ0v) is 16.4. The van der Waals surface area contributed by atoms with Gasteiger partial charge in [0.25, 0.3) is 11.5 Å². The molecule has 2 N–H and O–H groups in total. The van der Waals surface area contributed by atoms with Gasteiger partial charge in [-0.15, -0.1) is 11.3 Å². The summed E-state index contributed by atoms with van der Waals surface area (Å²) in [4.78, 5) is 40.8. The van der Waals surface area contributed by atoms with E-state index in [0.29, 0.717) is 26.8 Å². The highest BCUT2D eigenvalue weighted by Gasteiger charge is 2.25. The minimum Gasteiger partial charge on any atom is -0.481 e. The number of thiazole rings is 1. The Hall–Kier alpha value is -2.55. The molecular weight excluding hydrogens is 356 g/mol. The highest BCUT2D eigenvalue weighted by molar-refractivity contribution is 7.17. The van der Waals surface area contributed by atoms with Gasteiger partial charge in [-0.2, -0.15) is 5.10 Å². The maximum Gasteiger partial charge on any atom is 0.308 e. The van der Waals surface area contributed by atoms with E-state index in [-0.39, 0.29) is 5.56 Å². The predicted octanol–water partition coefficient (Wildman–Crippen LogP) is 1.67. The minimum atomic E-state index is -0.981. The van der Waals surface area contributed by atoms with Crippen LogP contribution in [0, 0.1) is 26.7 Å². The lowest BCUT2D eigenvalue weighted by atomic mass is 10.0. The van der Waals surface area contributed by atoms with Crippen molar-refractivity contribution in [1.82, 2.24) is 20.1 Å². The van der Waals surface area contributed by atoms with E-state index in [4.69, 9.17) is 5.11 Å². The van der Waals surface area contributed by atoms with Crippen molar-refractivity contribution in [1.29, 1.82) is 0 Å². The van der Waals surface area contributed by atoms with Crippen molar-refractivity contribution in [3.8, 4) is 10.6 Å². The number of hydrogen-bond acceptors (Lipinski definition) is 6. The average Bonchev–Trinajstić information content (AvgIpc) is 2.93. The number of aromatic nitrogens is 3. The summed E-state index contributed by atoms with van der Waals surface area (Å²) in [5.41, 5.74) is 2.08. The van der Waals surface area contributed by atoms with Gasteiger partial charge in [-0.05, 0) is 40.2 Å². The van der Waals surface area contributed by atoms with E-state index in [9.17, 15) is 14.4 Å². The number of rotatable bonds is 5. The van der Waals surface area contributed by atoms with Gasteiger partial charge in [0.2, 0.25) is 0 Å². The summed E-state index contributed by atoms with van der Waals surface area (Å²) in [7, 11) is 1.57. The first-order chi connectivity index (χ1) is 12.0. The molecule has 0 saturated carbocycles. The molecule has 2 rings (SSSR count). The van der Waals surface area contributed by atoms with Crippen molar-refractivity contribution in [2.75, 3.05) is 0 Å². The molecule has 2 aromatic rings. The van der Waals surface area contributed by atoms with E-state index in [0.717, 1.165) is 16.9 Å². The summed E-state index contributed by atoms with van der Waals surface area (Å²) in [6.07, 6.45) is 0. The molecule has 2 atom stereocenters. The van der Waals surface area contributed by atoms with Gasteiger partial charge in [0.1, 0.15) is 9.88 Å². The number of aryl methyl sites for hydroxylation is 3. The maximum atomic E-state index is 12.5. The molecular formula is C17H22N4O4S. The molecule has 2 aromatic heterocycles. The second-order valence-electron chi connectivity index (χ2n) is 6.34. The van der Waals surface area contributed by atoms with Gasteiger partial charge in [0.05, 0.1) is 22.9 Å². The quantitative estimate of drug-likeness (QED) is 0.818. The monoisotopic (exact) mass is 378 g/mol. The van der Waals surface area contributed by atoms with E-state index >= 15 is 0 Å². The Morgan fingerprint density at radius 3 is 2.38 bits per heavy atom. The number of amides is 1. The fraction of sp³-hybridized carbons (Fsp3) is 0.471. The lowest BCUT2D eigenvalue weighted by Crippen LogP contribution is -2.39. The number of carboxylic acid groups (broad SMARTS) is 1. The molecule has 1 amide bonds. The molecule has 0 aliphatic heterocycles. The third kappa shape index (κ3) is 3.67. The molecule has 0 aliphatic carbocycles. The Kier molecular flexibility index (Phi) is 5.60. The first-order valence-corrected chi connectivity index (χ1v) is 8.92. The second kappa shape index (κ2) is 7.36. The van der Waals surface area contributed by atoms with Crippen molar-refractivity contribution in [2.45, 2.75) is 40.7 Å². The van der Waals surface area contributed by atoms with Gasteiger partial charge in [0.15, 0.2) is 0 Å². The zero-order chi connectivity index (χ0) is 19.8. The molecule has 0 radical (unpaired) electrons. The molecule has 0 saturated heterocycles. The third-order valence-electron chi connectivity index (χ3n) is 4.44. The first kappa shape index (κ1) is 19.8. The van der Waals surface area contributed by atoms with Crippen LogP contribution in [0.25, 0.3) is 10.6 Å². The Labute approximate surface area is 154 Å². The van der Waals surface area contributed by atoms with Crippen LogP contribution in [0.1, 0.15) is 40.5 Å². The van der Waals surface area contributed by atoms with Crippen molar-refractivity contribution >= 4 is 23.2 Å². The number of carbonyl (C=O) groups is 2. The normalized spacial score (nSPS) is 13.3. The van der Waals surface area contributed by atoms with Crippen molar-refractivity contribution in [2.24, 2.45) is 13.0 Å². The first-order valence-electron chi connectivity index (χ1n) is 8.10. The lowest BCUT2D eigenvalue weighted by molar-refractivity contribution is -0.141. The van der Waals surface area contributed by atoms with Gasteiger partial charge in [0, 0.05) is 13.1 Å². The number of nitrogens with one attached hydrogen (secondary N) is 1. The Morgan fingerprint density at radius 1 is 1.19 bits per heavy atom. The van der Waals surface area contributed by atoms with Crippen LogP contribution in [-0.2, 0) is 11.8 Å². The van der Waals surface area contributed by atoms with Gasteiger partial charge in [-0.25, -0.2) is 9.67 Å². The molecule has 26 heavy (non-hydrogen) atoms. The molecule has 140 valence electrons. The zero-order valence-electron chi connectivity index (χ0n) is 15.6. The Morgan fingerprint density at radius 2 is 1.81 bits per heavy atom. The van der Waals surface area contributed by atoms with Crippen LogP contribution in [-0.4, -0.2) is 37.8 Å². The van der Waals surface area contributed by atoms with Gasteiger partial charge in [-0.3, -0.25) is 14.4 Å². The van der Waals surface area contributed by atoms with Crippen molar-refractivity contribution < 1.29 is 14.7 Å². The topological polar surface area (TPSA) is 114 Å². The number of carbonyl (C=O) groups excluding carboxylic acids is 1. The SMILES string of the molecule is Cc1nc(-c2c(C)c(C)nn(C)c2=O)sc1C(=O)NC(C)C(C)C(=O)O. The smallest absolute Gasteiger partial charge is 0.308 e. The van der Waals surface area contributed by atoms with E-state index in [1.165, 1.54) is 11.6 Å². The van der Waals surface area contributed by atoms with E-state index in [2.05, 4.69) is 15.4 Å². The van der Waals surface area contributed by atoms with Gasteiger partial charge in [-0.1, -0.05) is 0 Å². The summed E-state index contributed by atoms with van der Waals surface area (Å²) >= 11 is 1.12. The van der Waals surface area contributed by atoms with Crippen LogP contribution in [0.2, 0.25) is 0 Å². The standard InChI is InChI=1S/C17H22N4O4S/c1-7-10(4)20-21(6)16(23)12(7)15-19-11(5)13(26-15)14(22)18-9(3)8(2)17(24)25/h8-9H,1-6H3,(H,18,22)(H,24,25). The number of nitrogens with zero attached hydrogens (tertiary/aromatic N) is 3. The molecule has 2 unspecified atom stereocenters. The van der Waals surface area contributed by atoms with Crippen LogP contribution in [0.15, 0.2) is 4.79 Å². The average molecular weight is 378 g/mol. The van der Waals surface area contributed by atoms with E-state index in [1.807, 2.05) is 0 Å². The molecule has 0 aromatic carbocycles. The summed E-state index contributed by atoms with van der Waals surface area (Å²) < 4.78 is 1.25. The molecule has 0 bridgehead atoms. The molecule has 8 nitrogen and oxygen atoms in total. The highest BCUT2D eigenvalue weighted by atomic mass is 32.1. The molecule has 2 heterocycles. The largest absolute Gasteiger partial charge is 0.481 e. The molecule has 9 heteroatoms. The van der Waals surface area contributed by atoms with E-state index < -0.39 is 23.8 Å². The Balaban J connectivity index is 2.41. The summed E-state index contributed by atoms with van der Waals surface area (Å²) in [6.45, 7) is 8.46. The molecule has 0 fully saturated rings. The van der Waals surface area contributed by atoms with Crippen molar-refractivity contribution in [3.63, 3.8) is 0 Å². The van der Waals surface area contributed by atoms with E-state index in [1.54, 1.807) is 34.7 Å². The van der Waals surface area contributed by atoms with Gasteiger partial charge >= 0.3 is 5.97 Å². The maximum absolute atomic E-state index is 12.5. The summed E-state index contributed by atoms with van der Waals surface area (Å²) in [5, 5.41) is 16.3. The van der Waals surface area contributed by atoms with Crippen LogP contribution in [0.5, 0.6) is 0 Å².